The first kappa shape index (κ1) is 13.5. The van der Waals surface area contributed by atoms with Crippen molar-refractivity contribution in [3.8, 4) is 11.8 Å². The maximum absolute atomic E-state index is 12.6. The molecule has 0 aliphatic rings. The first-order chi connectivity index (χ1) is 7.86. The lowest BCUT2D eigenvalue weighted by molar-refractivity contribution is -0.138. The van der Waals surface area contributed by atoms with Gasteiger partial charge in [0.2, 0.25) is 0 Å². The third-order valence-corrected chi connectivity index (χ3v) is 2.03. The van der Waals surface area contributed by atoms with Crippen LogP contribution >= 0.6 is 12.6 Å². The minimum atomic E-state index is -4.72. The Morgan fingerprint density at radius 1 is 1.41 bits per heavy atom. The van der Waals surface area contributed by atoms with Gasteiger partial charge in [-0.1, -0.05) is 11.8 Å². The van der Waals surface area contributed by atoms with Crippen LogP contribution in [0.5, 0.6) is 0 Å². The van der Waals surface area contributed by atoms with Crippen molar-refractivity contribution in [2.75, 3.05) is 5.75 Å². The number of carbonyl (C=O) groups is 1. The minimum absolute atomic E-state index is 0.108. The van der Waals surface area contributed by atoms with Gasteiger partial charge in [0.15, 0.2) is 0 Å². The standard InChI is InChI=1S/C11H7F3O2S/c12-11(13,14)9-6-7(2-1-5-17)3-4-8(9)10(15)16/h3-4,6,17H,5H2,(H,15,16). The second-order valence-electron chi connectivity index (χ2n) is 3.02. The number of hydrogen-bond acceptors (Lipinski definition) is 2. The fraction of sp³-hybridized carbons (Fsp3) is 0.182. The van der Waals surface area contributed by atoms with E-state index in [1.165, 1.54) is 6.07 Å². The molecule has 1 N–H and O–H groups in total. The minimum Gasteiger partial charge on any atom is -0.478 e. The van der Waals surface area contributed by atoms with E-state index >= 15 is 0 Å². The van der Waals surface area contributed by atoms with E-state index in [0.29, 0.717) is 0 Å². The Balaban J connectivity index is 3.34. The maximum Gasteiger partial charge on any atom is 0.417 e. The van der Waals surface area contributed by atoms with Crippen LogP contribution in [0.1, 0.15) is 21.5 Å². The van der Waals surface area contributed by atoms with Crippen molar-refractivity contribution < 1.29 is 23.1 Å². The van der Waals surface area contributed by atoms with E-state index < -0.39 is 23.3 Å². The van der Waals surface area contributed by atoms with Crippen LogP contribution in [0.15, 0.2) is 18.2 Å². The summed E-state index contributed by atoms with van der Waals surface area (Å²) in [5.74, 6) is 3.54. The lowest BCUT2D eigenvalue weighted by atomic mass is 10.0. The summed E-state index contributed by atoms with van der Waals surface area (Å²) >= 11 is 3.80. The van der Waals surface area contributed by atoms with Crippen LogP contribution in [0.3, 0.4) is 0 Å². The predicted molar refractivity (Wildman–Crippen MR) is 59.1 cm³/mol. The summed E-state index contributed by atoms with van der Waals surface area (Å²) < 4.78 is 37.8. The van der Waals surface area contributed by atoms with Crippen LogP contribution < -0.4 is 0 Å². The summed E-state index contributed by atoms with van der Waals surface area (Å²) in [7, 11) is 0. The molecule has 0 aliphatic heterocycles. The average molecular weight is 260 g/mol. The van der Waals surface area contributed by atoms with Gasteiger partial charge >= 0.3 is 12.1 Å². The van der Waals surface area contributed by atoms with Gasteiger partial charge < -0.3 is 5.11 Å². The molecular formula is C11H7F3O2S. The largest absolute Gasteiger partial charge is 0.478 e. The van der Waals surface area contributed by atoms with E-state index in [0.717, 1.165) is 12.1 Å². The number of rotatable bonds is 1. The summed E-state index contributed by atoms with van der Waals surface area (Å²) in [6.07, 6.45) is -4.72. The van der Waals surface area contributed by atoms with Crippen molar-refractivity contribution in [1.29, 1.82) is 0 Å². The lowest BCUT2D eigenvalue weighted by Gasteiger charge is -2.10. The Morgan fingerprint density at radius 2 is 2.06 bits per heavy atom. The molecule has 1 aromatic rings. The van der Waals surface area contributed by atoms with Gasteiger partial charge in [-0.25, -0.2) is 4.79 Å². The second-order valence-corrected chi connectivity index (χ2v) is 3.34. The summed E-state index contributed by atoms with van der Waals surface area (Å²) in [6.45, 7) is 0. The summed E-state index contributed by atoms with van der Waals surface area (Å²) in [5, 5.41) is 8.65. The first-order valence-corrected chi connectivity index (χ1v) is 5.03. The molecule has 2 nitrogen and oxygen atoms in total. The van der Waals surface area contributed by atoms with Gasteiger partial charge in [-0.15, -0.1) is 0 Å². The zero-order valence-electron chi connectivity index (χ0n) is 8.38. The molecule has 0 unspecified atom stereocenters. The molecule has 0 aromatic heterocycles. The molecule has 6 heteroatoms. The zero-order chi connectivity index (χ0) is 13.1. The van der Waals surface area contributed by atoms with Crippen molar-refractivity contribution in [3.63, 3.8) is 0 Å². The number of thiol groups is 1. The van der Waals surface area contributed by atoms with E-state index in [2.05, 4.69) is 24.5 Å². The van der Waals surface area contributed by atoms with Gasteiger partial charge in [0.05, 0.1) is 16.9 Å². The van der Waals surface area contributed by atoms with Crippen molar-refractivity contribution in [2.45, 2.75) is 6.18 Å². The normalized spacial score (nSPS) is 10.6. The summed E-state index contributed by atoms with van der Waals surface area (Å²) in [5.41, 5.74) is -1.87. The van der Waals surface area contributed by atoms with Crippen LogP contribution in [-0.2, 0) is 6.18 Å². The molecule has 0 fully saturated rings. The first-order valence-electron chi connectivity index (χ1n) is 4.40. The lowest BCUT2D eigenvalue weighted by Crippen LogP contribution is -2.13. The van der Waals surface area contributed by atoms with Crippen LogP contribution in [0.4, 0.5) is 13.2 Å². The van der Waals surface area contributed by atoms with Crippen LogP contribution in [0, 0.1) is 11.8 Å². The highest BCUT2D eigenvalue weighted by Gasteiger charge is 2.35. The summed E-state index contributed by atoms with van der Waals surface area (Å²) in [4.78, 5) is 10.6. The van der Waals surface area contributed by atoms with Gasteiger partial charge in [-0.05, 0) is 18.2 Å². The molecule has 1 aromatic carbocycles. The van der Waals surface area contributed by atoms with E-state index in [4.69, 9.17) is 5.11 Å². The highest BCUT2D eigenvalue weighted by atomic mass is 32.1. The molecule has 0 saturated heterocycles. The second kappa shape index (κ2) is 5.15. The maximum atomic E-state index is 12.6. The highest BCUT2D eigenvalue weighted by molar-refractivity contribution is 7.80. The molecule has 0 amide bonds. The molecule has 0 saturated carbocycles. The van der Waals surface area contributed by atoms with Crippen LogP contribution in [0.2, 0.25) is 0 Å². The van der Waals surface area contributed by atoms with E-state index in [1.807, 2.05) is 0 Å². The monoisotopic (exact) mass is 260 g/mol. The fourth-order valence-corrected chi connectivity index (χ4v) is 1.26. The predicted octanol–water partition coefficient (Wildman–Crippen LogP) is 2.68. The number of carboxylic acid groups (broad SMARTS) is 1. The topological polar surface area (TPSA) is 37.3 Å². The molecule has 1 rings (SSSR count). The molecule has 0 heterocycles. The molecular weight excluding hydrogens is 253 g/mol. The molecule has 0 atom stereocenters. The number of benzene rings is 1. The van der Waals surface area contributed by atoms with Crippen molar-refractivity contribution in [2.24, 2.45) is 0 Å². The number of carboxylic acids is 1. The van der Waals surface area contributed by atoms with Crippen molar-refractivity contribution in [3.05, 3.63) is 34.9 Å². The van der Waals surface area contributed by atoms with E-state index in [-0.39, 0.29) is 11.3 Å². The van der Waals surface area contributed by atoms with Crippen LogP contribution in [-0.4, -0.2) is 16.8 Å². The third kappa shape index (κ3) is 3.43. The molecule has 17 heavy (non-hydrogen) atoms. The number of aromatic carboxylic acids is 1. The number of halogens is 3. The van der Waals surface area contributed by atoms with Gasteiger partial charge in [0, 0.05) is 5.56 Å². The van der Waals surface area contributed by atoms with Crippen molar-refractivity contribution >= 4 is 18.6 Å². The zero-order valence-corrected chi connectivity index (χ0v) is 9.27. The molecule has 0 bridgehead atoms. The smallest absolute Gasteiger partial charge is 0.417 e. The van der Waals surface area contributed by atoms with Crippen molar-refractivity contribution in [1.82, 2.24) is 0 Å². The Bertz CT molecular complexity index is 498. The molecule has 0 spiro atoms. The van der Waals surface area contributed by atoms with Gasteiger partial charge in [0.25, 0.3) is 0 Å². The van der Waals surface area contributed by atoms with Gasteiger partial charge in [-0.2, -0.15) is 25.8 Å². The SMILES string of the molecule is O=C(O)c1ccc(C#CCS)cc1C(F)(F)F. The number of alkyl halides is 3. The molecule has 0 aliphatic carbocycles. The summed E-state index contributed by atoms with van der Waals surface area (Å²) in [6, 6.07) is 2.85. The molecule has 90 valence electrons. The Morgan fingerprint density at radius 3 is 2.53 bits per heavy atom. The van der Waals surface area contributed by atoms with E-state index in [9.17, 15) is 18.0 Å². The Hall–Kier alpha value is -1.61. The molecule has 0 radical (unpaired) electrons. The van der Waals surface area contributed by atoms with Crippen LogP contribution in [0.25, 0.3) is 0 Å². The Kier molecular flexibility index (Phi) is 4.07. The average Bonchev–Trinajstić information content (AvgIpc) is 2.24. The third-order valence-electron chi connectivity index (χ3n) is 1.87. The highest BCUT2D eigenvalue weighted by Crippen LogP contribution is 2.32. The number of hydrogen-bond donors (Lipinski definition) is 2. The quantitative estimate of drug-likeness (QED) is 0.601. The van der Waals surface area contributed by atoms with Gasteiger partial charge in [0.1, 0.15) is 0 Å². The Labute approximate surface area is 101 Å². The fourth-order valence-electron chi connectivity index (χ4n) is 1.18. The van der Waals surface area contributed by atoms with Gasteiger partial charge in [-0.3, -0.25) is 0 Å². The van der Waals surface area contributed by atoms with E-state index in [1.54, 1.807) is 0 Å².